The molecule has 7 nitrogen and oxygen atoms in total. The van der Waals surface area contributed by atoms with Gasteiger partial charge in [0.15, 0.2) is 6.61 Å². The van der Waals surface area contributed by atoms with E-state index in [1.54, 1.807) is 47.3 Å². The molecule has 0 aliphatic carbocycles. The van der Waals surface area contributed by atoms with Crippen molar-refractivity contribution in [2.75, 3.05) is 12.0 Å². The fourth-order valence-corrected chi connectivity index (χ4v) is 2.75. The van der Waals surface area contributed by atoms with Gasteiger partial charge in [-0.3, -0.25) is 19.7 Å². The fraction of sp³-hybridized carbons (Fsp3) is 0.238. The normalized spacial score (nSPS) is 11.7. The van der Waals surface area contributed by atoms with Gasteiger partial charge < -0.3 is 14.5 Å². The number of hydrogen-bond donors (Lipinski definition) is 2. The Hall–Kier alpha value is -3.48. The minimum atomic E-state index is -0.260. The van der Waals surface area contributed by atoms with Crippen LogP contribution in [-0.4, -0.2) is 23.1 Å². The van der Waals surface area contributed by atoms with Crippen LogP contribution in [0.5, 0.6) is 5.75 Å². The SMILES string of the molecule is Cc1ccc(C)n1NC(=O)c1ccc(OCC(=O)N[C@@H](C)c2ccco2)cc1. The standard InChI is InChI=1S/C21H23N3O4/c1-14-6-7-15(2)24(14)23-21(26)17-8-10-18(11-9-17)28-13-20(25)22-16(3)19-5-4-12-27-19/h4-12,16H,13H2,1-3H3,(H,22,25)(H,23,26)/t16-/m0/s1. The number of nitrogens with zero attached hydrogens (tertiary/aromatic N) is 1. The van der Waals surface area contributed by atoms with Gasteiger partial charge in [-0.1, -0.05) is 0 Å². The number of amides is 2. The van der Waals surface area contributed by atoms with Gasteiger partial charge in [0.1, 0.15) is 11.5 Å². The summed E-state index contributed by atoms with van der Waals surface area (Å²) in [6, 6.07) is 13.8. The molecule has 0 radical (unpaired) electrons. The summed E-state index contributed by atoms with van der Waals surface area (Å²) in [5.74, 6) is 0.700. The first-order valence-electron chi connectivity index (χ1n) is 8.96. The van der Waals surface area contributed by atoms with Crippen molar-refractivity contribution < 1.29 is 18.7 Å². The van der Waals surface area contributed by atoms with Crippen molar-refractivity contribution in [3.63, 3.8) is 0 Å². The maximum atomic E-state index is 12.4. The van der Waals surface area contributed by atoms with Crippen LogP contribution in [0.2, 0.25) is 0 Å². The number of carbonyl (C=O) groups excluding carboxylic acids is 2. The Bertz CT molecular complexity index is 923. The minimum absolute atomic E-state index is 0.127. The molecule has 146 valence electrons. The lowest BCUT2D eigenvalue weighted by atomic mass is 10.2. The van der Waals surface area contributed by atoms with Gasteiger partial charge in [0.05, 0.1) is 12.3 Å². The Morgan fingerprint density at radius 3 is 2.36 bits per heavy atom. The molecule has 0 saturated heterocycles. The number of carbonyl (C=O) groups is 2. The van der Waals surface area contributed by atoms with Crippen LogP contribution >= 0.6 is 0 Å². The molecule has 2 heterocycles. The molecular weight excluding hydrogens is 358 g/mol. The molecule has 2 N–H and O–H groups in total. The quantitative estimate of drug-likeness (QED) is 0.657. The zero-order chi connectivity index (χ0) is 20.1. The van der Waals surface area contributed by atoms with Crippen LogP contribution in [0.15, 0.2) is 59.2 Å². The largest absolute Gasteiger partial charge is 0.484 e. The monoisotopic (exact) mass is 381 g/mol. The van der Waals surface area contributed by atoms with Crippen molar-refractivity contribution in [2.45, 2.75) is 26.8 Å². The third kappa shape index (κ3) is 4.62. The summed E-state index contributed by atoms with van der Waals surface area (Å²) in [7, 11) is 0. The maximum absolute atomic E-state index is 12.4. The first-order chi connectivity index (χ1) is 13.4. The fourth-order valence-electron chi connectivity index (χ4n) is 2.75. The highest BCUT2D eigenvalue weighted by molar-refractivity contribution is 6.00. The second kappa shape index (κ2) is 8.47. The molecule has 0 aliphatic heterocycles. The Morgan fingerprint density at radius 1 is 1.07 bits per heavy atom. The van der Waals surface area contributed by atoms with Crippen LogP contribution in [0.4, 0.5) is 0 Å². The van der Waals surface area contributed by atoms with Crippen molar-refractivity contribution in [3.8, 4) is 5.75 Å². The highest BCUT2D eigenvalue weighted by Gasteiger charge is 2.13. The Kier molecular flexibility index (Phi) is 5.84. The van der Waals surface area contributed by atoms with E-state index in [0.29, 0.717) is 17.1 Å². The number of ether oxygens (including phenoxy) is 1. The predicted octanol–water partition coefficient (Wildman–Crippen LogP) is 3.34. The Morgan fingerprint density at radius 2 is 1.75 bits per heavy atom. The second-order valence-corrected chi connectivity index (χ2v) is 6.51. The molecule has 0 saturated carbocycles. The van der Waals surface area contributed by atoms with Gasteiger partial charge in [-0.05, 0) is 69.3 Å². The zero-order valence-electron chi connectivity index (χ0n) is 16.1. The van der Waals surface area contributed by atoms with Crippen LogP contribution in [-0.2, 0) is 4.79 Å². The zero-order valence-corrected chi connectivity index (χ0v) is 16.1. The van der Waals surface area contributed by atoms with Crippen molar-refractivity contribution in [1.82, 2.24) is 9.99 Å². The van der Waals surface area contributed by atoms with Crippen LogP contribution in [0.25, 0.3) is 0 Å². The number of aromatic nitrogens is 1. The van der Waals surface area contributed by atoms with Crippen molar-refractivity contribution in [2.24, 2.45) is 0 Å². The van der Waals surface area contributed by atoms with E-state index >= 15 is 0 Å². The lowest BCUT2D eigenvalue weighted by molar-refractivity contribution is -0.123. The van der Waals surface area contributed by atoms with Crippen LogP contribution in [0.3, 0.4) is 0 Å². The number of furan rings is 1. The van der Waals surface area contributed by atoms with Crippen LogP contribution < -0.4 is 15.5 Å². The van der Waals surface area contributed by atoms with E-state index in [9.17, 15) is 9.59 Å². The highest BCUT2D eigenvalue weighted by Crippen LogP contribution is 2.14. The Balaban J connectivity index is 1.51. The summed E-state index contributed by atoms with van der Waals surface area (Å²) in [5.41, 5.74) is 5.23. The molecule has 3 aromatic rings. The molecule has 28 heavy (non-hydrogen) atoms. The number of nitrogens with one attached hydrogen (secondary N) is 2. The molecule has 0 fully saturated rings. The molecule has 0 bridgehead atoms. The summed E-state index contributed by atoms with van der Waals surface area (Å²) < 4.78 is 12.5. The smallest absolute Gasteiger partial charge is 0.270 e. The van der Waals surface area contributed by atoms with Crippen LogP contribution in [0, 0.1) is 13.8 Å². The summed E-state index contributed by atoms with van der Waals surface area (Å²) >= 11 is 0. The lowest BCUT2D eigenvalue weighted by Gasteiger charge is -2.13. The van der Waals surface area contributed by atoms with E-state index in [1.807, 2.05) is 32.9 Å². The van der Waals surface area contributed by atoms with E-state index < -0.39 is 0 Å². The van der Waals surface area contributed by atoms with Gasteiger partial charge in [0, 0.05) is 17.0 Å². The van der Waals surface area contributed by atoms with E-state index in [2.05, 4.69) is 10.7 Å². The van der Waals surface area contributed by atoms with Gasteiger partial charge in [-0.25, -0.2) is 0 Å². The topological polar surface area (TPSA) is 85.5 Å². The molecule has 0 spiro atoms. The van der Waals surface area contributed by atoms with Gasteiger partial charge in [-0.15, -0.1) is 0 Å². The average Bonchev–Trinajstić information content (AvgIpc) is 3.33. The predicted molar refractivity (Wildman–Crippen MR) is 105 cm³/mol. The average molecular weight is 381 g/mol. The molecule has 0 aliphatic rings. The van der Waals surface area contributed by atoms with E-state index in [4.69, 9.17) is 9.15 Å². The summed E-state index contributed by atoms with van der Waals surface area (Å²) in [6.07, 6.45) is 1.56. The van der Waals surface area contributed by atoms with Crippen molar-refractivity contribution >= 4 is 11.8 Å². The van der Waals surface area contributed by atoms with Gasteiger partial charge >= 0.3 is 0 Å². The first kappa shape index (κ1) is 19.3. The van der Waals surface area contributed by atoms with E-state index in [1.165, 1.54) is 0 Å². The maximum Gasteiger partial charge on any atom is 0.270 e. The number of benzene rings is 1. The van der Waals surface area contributed by atoms with Crippen molar-refractivity contribution in [1.29, 1.82) is 0 Å². The lowest BCUT2D eigenvalue weighted by Crippen LogP contribution is -2.31. The second-order valence-electron chi connectivity index (χ2n) is 6.51. The highest BCUT2D eigenvalue weighted by atomic mass is 16.5. The third-order valence-corrected chi connectivity index (χ3v) is 4.32. The number of hydrogen-bond acceptors (Lipinski definition) is 4. The molecule has 0 unspecified atom stereocenters. The minimum Gasteiger partial charge on any atom is -0.484 e. The molecule has 1 atom stereocenters. The summed E-state index contributed by atoms with van der Waals surface area (Å²) in [6.45, 7) is 5.54. The molecule has 1 aromatic carbocycles. The first-order valence-corrected chi connectivity index (χ1v) is 8.96. The van der Waals surface area contributed by atoms with Gasteiger partial charge in [-0.2, -0.15) is 0 Å². The summed E-state index contributed by atoms with van der Waals surface area (Å²) in [5, 5.41) is 2.79. The third-order valence-electron chi connectivity index (χ3n) is 4.32. The molecule has 2 aromatic heterocycles. The molecule has 3 rings (SSSR count). The Labute approximate surface area is 163 Å². The molecular formula is C21H23N3O4. The number of aryl methyl sites for hydroxylation is 2. The van der Waals surface area contributed by atoms with Gasteiger partial charge in [0.25, 0.3) is 11.8 Å². The molecule has 7 heteroatoms. The van der Waals surface area contributed by atoms with E-state index in [0.717, 1.165) is 11.4 Å². The number of rotatable bonds is 7. The van der Waals surface area contributed by atoms with Gasteiger partial charge in [0.2, 0.25) is 0 Å². The van der Waals surface area contributed by atoms with Crippen LogP contribution in [0.1, 0.15) is 40.5 Å². The molecule has 2 amide bonds. The van der Waals surface area contributed by atoms with E-state index in [-0.39, 0.29) is 24.5 Å². The summed E-state index contributed by atoms with van der Waals surface area (Å²) in [4.78, 5) is 24.4. The van der Waals surface area contributed by atoms with Crippen molar-refractivity contribution in [3.05, 3.63) is 77.5 Å².